The smallest absolute Gasteiger partial charge is 0.298 e. The molecule has 0 unspecified atom stereocenters. The summed E-state index contributed by atoms with van der Waals surface area (Å²) in [4.78, 5) is 2.11. The first-order valence-corrected chi connectivity index (χ1v) is 11.3. The summed E-state index contributed by atoms with van der Waals surface area (Å²) in [5, 5.41) is 0. The lowest BCUT2D eigenvalue weighted by molar-refractivity contribution is -0.137. The van der Waals surface area contributed by atoms with E-state index in [0.29, 0.717) is 45.7 Å². The molecule has 1 aromatic carbocycles. The largest absolute Gasteiger partial charge is 0.416 e. The first-order chi connectivity index (χ1) is 13.3. The summed E-state index contributed by atoms with van der Waals surface area (Å²) in [7, 11) is -3.44. The van der Waals surface area contributed by atoms with E-state index in [1.54, 1.807) is 8.61 Å². The summed E-state index contributed by atoms with van der Waals surface area (Å²) in [6.45, 7) is 3.92. The lowest BCUT2D eigenvalue weighted by Crippen LogP contribution is -2.45. The van der Waals surface area contributed by atoms with Gasteiger partial charge in [-0.2, -0.15) is 30.2 Å². The van der Waals surface area contributed by atoms with Crippen molar-refractivity contribution in [1.29, 1.82) is 0 Å². The Hall–Kier alpha value is -1.16. The quantitative estimate of drug-likeness (QED) is 0.752. The molecule has 2 aliphatic heterocycles. The maximum absolute atomic E-state index is 13.0. The molecule has 3 rings (SSSR count). The number of benzene rings is 1. The second kappa shape index (κ2) is 9.11. The number of alkyl halides is 3. The van der Waals surface area contributed by atoms with Crippen molar-refractivity contribution in [2.75, 3.05) is 39.3 Å². The first-order valence-electron chi connectivity index (χ1n) is 9.90. The molecule has 9 heteroatoms. The molecule has 0 radical (unpaired) electrons. The molecular weight excluding hydrogens is 391 g/mol. The van der Waals surface area contributed by atoms with Gasteiger partial charge < -0.3 is 0 Å². The van der Waals surface area contributed by atoms with Crippen LogP contribution in [-0.2, 0) is 22.9 Å². The number of hydrogen-bond donors (Lipinski definition) is 0. The zero-order chi connectivity index (χ0) is 20.2. The van der Waals surface area contributed by atoms with Gasteiger partial charge in [-0.3, -0.25) is 4.90 Å². The minimum Gasteiger partial charge on any atom is -0.298 e. The highest BCUT2D eigenvalue weighted by molar-refractivity contribution is 7.86. The fourth-order valence-corrected chi connectivity index (χ4v) is 5.55. The number of nitrogens with zero attached hydrogens (tertiary/aromatic N) is 3. The van der Waals surface area contributed by atoms with Gasteiger partial charge in [-0.1, -0.05) is 25.0 Å². The molecule has 0 aliphatic carbocycles. The van der Waals surface area contributed by atoms with Gasteiger partial charge in [0.2, 0.25) is 0 Å². The van der Waals surface area contributed by atoms with Gasteiger partial charge in [-0.15, -0.1) is 0 Å². The zero-order valence-electron chi connectivity index (χ0n) is 16.0. The Morgan fingerprint density at radius 2 is 1.32 bits per heavy atom. The van der Waals surface area contributed by atoms with Crippen LogP contribution in [0.3, 0.4) is 0 Å². The van der Waals surface area contributed by atoms with E-state index < -0.39 is 21.9 Å². The third-order valence-electron chi connectivity index (χ3n) is 5.45. The van der Waals surface area contributed by atoms with Gasteiger partial charge in [0.15, 0.2) is 0 Å². The van der Waals surface area contributed by atoms with Crippen LogP contribution in [0.25, 0.3) is 0 Å². The Bertz CT molecular complexity index is 730. The van der Waals surface area contributed by atoms with Crippen molar-refractivity contribution in [3.63, 3.8) is 0 Å². The second-order valence-electron chi connectivity index (χ2n) is 7.54. The predicted octanol–water partition coefficient (Wildman–Crippen LogP) is 3.33. The normalized spacial score (nSPS) is 22.0. The summed E-state index contributed by atoms with van der Waals surface area (Å²) in [6.07, 6.45) is 0.358. The van der Waals surface area contributed by atoms with Crippen molar-refractivity contribution in [3.8, 4) is 0 Å². The van der Waals surface area contributed by atoms with Gasteiger partial charge in [0.05, 0.1) is 5.56 Å². The Morgan fingerprint density at radius 3 is 1.93 bits per heavy atom. The first kappa shape index (κ1) is 21.5. The topological polar surface area (TPSA) is 43.9 Å². The Balaban J connectivity index is 1.58. The van der Waals surface area contributed by atoms with E-state index in [2.05, 4.69) is 4.90 Å². The van der Waals surface area contributed by atoms with Crippen LogP contribution in [0.1, 0.15) is 43.2 Å². The summed E-state index contributed by atoms with van der Waals surface area (Å²) in [5.41, 5.74) is 0.152. The molecule has 0 N–H and O–H groups in total. The molecule has 0 atom stereocenters. The van der Waals surface area contributed by atoms with Crippen molar-refractivity contribution < 1.29 is 21.6 Å². The molecule has 2 aliphatic rings. The lowest BCUT2D eigenvalue weighted by Gasteiger charge is -2.28. The van der Waals surface area contributed by atoms with Crippen molar-refractivity contribution in [2.45, 2.75) is 44.8 Å². The van der Waals surface area contributed by atoms with Gasteiger partial charge in [-0.05, 0) is 43.5 Å². The van der Waals surface area contributed by atoms with Crippen LogP contribution in [0.15, 0.2) is 24.3 Å². The molecule has 5 nitrogen and oxygen atoms in total. The Labute approximate surface area is 165 Å². The molecule has 0 amide bonds. The van der Waals surface area contributed by atoms with Crippen molar-refractivity contribution >= 4 is 10.2 Å². The molecule has 0 bridgehead atoms. The summed E-state index contributed by atoms with van der Waals surface area (Å²) >= 11 is 0. The molecule has 1 aromatic rings. The molecule has 0 aromatic heterocycles. The van der Waals surface area contributed by atoms with Crippen LogP contribution in [0.4, 0.5) is 13.2 Å². The molecular formula is C19H28F3N3O2S. The zero-order valence-corrected chi connectivity index (χ0v) is 16.8. The van der Waals surface area contributed by atoms with Crippen LogP contribution in [0, 0.1) is 0 Å². The SMILES string of the molecule is O=S(=O)(N1CCCCCC1)N1CCCN(Cc2ccc(C(F)(F)F)cc2)CC1. The fraction of sp³-hybridized carbons (Fsp3) is 0.684. The molecule has 158 valence electrons. The molecule has 0 saturated carbocycles. The average molecular weight is 420 g/mol. The molecule has 2 saturated heterocycles. The fourth-order valence-electron chi connectivity index (χ4n) is 3.83. The Kier molecular flexibility index (Phi) is 7.01. The monoisotopic (exact) mass is 419 g/mol. The van der Waals surface area contributed by atoms with Crippen LogP contribution in [-0.4, -0.2) is 61.2 Å². The van der Waals surface area contributed by atoms with Crippen LogP contribution in [0.5, 0.6) is 0 Å². The van der Waals surface area contributed by atoms with E-state index in [0.717, 1.165) is 49.9 Å². The molecule has 28 heavy (non-hydrogen) atoms. The van der Waals surface area contributed by atoms with E-state index in [1.165, 1.54) is 12.1 Å². The highest BCUT2D eigenvalue weighted by Gasteiger charge is 2.32. The van der Waals surface area contributed by atoms with Crippen molar-refractivity contribution in [3.05, 3.63) is 35.4 Å². The number of hydrogen-bond acceptors (Lipinski definition) is 3. The third-order valence-corrected chi connectivity index (χ3v) is 7.49. The average Bonchev–Trinajstić information content (AvgIpc) is 3.05. The Morgan fingerprint density at radius 1 is 0.750 bits per heavy atom. The highest BCUT2D eigenvalue weighted by Crippen LogP contribution is 2.29. The van der Waals surface area contributed by atoms with E-state index >= 15 is 0 Å². The van der Waals surface area contributed by atoms with Gasteiger partial charge in [0, 0.05) is 39.3 Å². The molecule has 0 spiro atoms. The molecule has 2 fully saturated rings. The number of rotatable bonds is 4. The second-order valence-corrected chi connectivity index (χ2v) is 9.47. The van der Waals surface area contributed by atoms with Gasteiger partial charge in [-0.25, -0.2) is 0 Å². The summed E-state index contributed by atoms with van der Waals surface area (Å²) < 4.78 is 67.2. The summed E-state index contributed by atoms with van der Waals surface area (Å²) in [5.74, 6) is 0. The maximum Gasteiger partial charge on any atom is 0.416 e. The van der Waals surface area contributed by atoms with Gasteiger partial charge in [0.25, 0.3) is 10.2 Å². The maximum atomic E-state index is 13.0. The van der Waals surface area contributed by atoms with Crippen molar-refractivity contribution in [1.82, 2.24) is 13.5 Å². The van der Waals surface area contributed by atoms with Crippen LogP contribution in [0.2, 0.25) is 0 Å². The van der Waals surface area contributed by atoms with E-state index in [4.69, 9.17) is 0 Å². The van der Waals surface area contributed by atoms with E-state index in [1.807, 2.05) is 0 Å². The summed E-state index contributed by atoms with van der Waals surface area (Å²) in [6, 6.07) is 5.20. The van der Waals surface area contributed by atoms with Crippen LogP contribution >= 0.6 is 0 Å². The lowest BCUT2D eigenvalue weighted by atomic mass is 10.1. The van der Waals surface area contributed by atoms with E-state index in [-0.39, 0.29) is 0 Å². The molecule has 2 heterocycles. The van der Waals surface area contributed by atoms with Crippen LogP contribution < -0.4 is 0 Å². The van der Waals surface area contributed by atoms with Gasteiger partial charge >= 0.3 is 6.18 Å². The van der Waals surface area contributed by atoms with Gasteiger partial charge in [0.1, 0.15) is 0 Å². The van der Waals surface area contributed by atoms with E-state index in [9.17, 15) is 21.6 Å². The predicted molar refractivity (Wildman–Crippen MR) is 102 cm³/mol. The minimum atomic E-state index is -4.33. The minimum absolute atomic E-state index is 0.416. The standard InChI is InChI=1S/C19H28F3N3O2S/c20-19(21,22)18-8-6-17(7-9-18)16-23-10-5-13-25(15-14-23)28(26,27)24-11-3-1-2-4-12-24/h6-9H,1-5,10-16H2. The van der Waals surface area contributed by atoms with Crippen molar-refractivity contribution in [2.24, 2.45) is 0 Å². The number of halogens is 3. The third kappa shape index (κ3) is 5.46. The highest BCUT2D eigenvalue weighted by atomic mass is 32.2.